The lowest BCUT2D eigenvalue weighted by atomic mass is 9.83. The van der Waals surface area contributed by atoms with Crippen LogP contribution in [-0.2, 0) is 0 Å². The number of piperidine rings is 1. The molecular weight excluding hydrogens is 346 g/mol. The summed E-state index contributed by atoms with van der Waals surface area (Å²) in [6.07, 6.45) is 6.72. The van der Waals surface area contributed by atoms with Crippen LogP contribution in [0.4, 0.5) is 0 Å². The molecule has 3 saturated heterocycles. The van der Waals surface area contributed by atoms with Gasteiger partial charge < -0.3 is 4.90 Å². The summed E-state index contributed by atoms with van der Waals surface area (Å²) >= 11 is 0. The fourth-order valence-electron chi connectivity index (χ4n) is 5.44. The topological polar surface area (TPSA) is 36.4 Å². The molecule has 1 aromatic carbocycles. The van der Waals surface area contributed by atoms with Gasteiger partial charge in [0.25, 0.3) is 5.91 Å². The molecule has 1 saturated carbocycles. The summed E-state index contributed by atoms with van der Waals surface area (Å²) in [6.45, 7) is 8.30. The molecule has 6 rings (SSSR count). The maximum Gasteiger partial charge on any atom is 0.254 e. The summed E-state index contributed by atoms with van der Waals surface area (Å²) in [7, 11) is 0. The first-order valence-corrected chi connectivity index (χ1v) is 11.0. The number of aryl methyl sites for hydroxylation is 2. The number of aromatic nitrogens is 1. The number of carbonyl (C=O) groups is 1. The third kappa shape index (κ3) is 3.22. The Kier molecular flexibility index (Phi) is 4.62. The molecule has 0 spiro atoms. The monoisotopic (exact) mass is 377 g/mol. The van der Waals surface area contributed by atoms with Crippen molar-refractivity contribution >= 4 is 16.8 Å². The van der Waals surface area contributed by atoms with Crippen LogP contribution in [0.15, 0.2) is 24.3 Å². The van der Waals surface area contributed by atoms with Gasteiger partial charge in [0.2, 0.25) is 0 Å². The first-order valence-electron chi connectivity index (χ1n) is 11.0. The Labute approximate surface area is 167 Å². The molecular formula is C24H31N3O. The zero-order valence-electron chi connectivity index (χ0n) is 17.2. The normalized spacial score (nSPS) is 25.7. The average Bonchev–Trinajstić information content (AvgIpc) is 2.96. The van der Waals surface area contributed by atoms with Gasteiger partial charge in [0.1, 0.15) is 0 Å². The van der Waals surface area contributed by atoms with Crippen molar-refractivity contribution in [2.75, 3.05) is 26.2 Å². The summed E-state index contributed by atoms with van der Waals surface area (Å²) in [6, 6.07) is 8.70. The number of fused-ring (bicyclic) bond motifs is 5. The van der Waals surface area contributed by atoms with Gasteiger partial charge in [0, 0.05) is 43.3 Å². The molecule has 2 aromatic rings. The number of rotatable bonds is 3. The Hall–Kier alpha value is -1.94. The fraction of sp³-hybridized carbons (Fsp3) is 0.583. The molecule has 2 atom stereocenters. The predicted octanol–water partition coefficient (Wildman–Crippen LogP) is 4.19. The molecule has 4 heterocycles. The van der Waals surface area contributed by atoms with Gasteiger partial charge in [0.15, 0.2) is 0 Å². The molecule has 0 unspecified atom stereocenters. The Morgan fingerprint density at radius 2 is 1.96 bits per heavy atom. The van der Waals surface area contributed by atoms with E-state index in [1.807, 2.05) is 19.1 Å². The second-order valence-corrected chi connectivity index (χ2v) is 9.34. The highest BCUT2D eigenvalue weighted by atomic mass is 16.2. The highest BCUT2D eigenvalue weighted by Crippen LogP contribution is 2.34. The van der Waals surface area contributed by atoms with E-state index in [1.165, 1.54) is 45.2 Å². The van der Waals surface area contributed by atoms with Crippen molar-refractivity contribution < 1.29 is 4.79 Å². The number of hydrogen-bond donors (Lipinski definition) is 0. The Morgan fingerprint density at radius 3 is 2.75 bits per heavy atom. The highest BCUT2D eigenvalue weighted by Gasteiger charge is 2.38. The number of benzene rings is 1. The van der Waals surface area contributed by atoms with Gasteiger partial charge in [0.05, 0.1) is 11.1 Å². The van der Waals surface area contributed by atoms with Crippen molar-refractivity contribution in [3.05, 3.63) is 41.1 Å². The summed E-state index contributed by atoms with van der Waals surface area (Å²) in [5.74, 6) is 1.72. The Morgan fingerprint density at radius 1 is 1.11 bits per heavy atom. The minimum Gasteiger partial charge on any atom is -0.337 e. The lowest BCUT2D eigenvalue weighted by molar-refractivity contribution is 0.0719. The van der Waals surface area contributed by atoms with Crippen LogP contribution >= 0.6 is 0 Å². The van der Waals surface area contributed by atoms with Crippen molar-refractivity contribution in [2.45, 2.75) is 52.0 Å². The number of hydrogen-bond acceptors (Lipinski definition) is 3. The largest absolute Gasteiger partial charge is 0.337 e. The van der Waals surface area contributed by atoms with Crippen LogP contribution in [0.5, 0.6) is 0 Å². The lowest BCUT2D eigenvalue weighted by Crippen LogP contribution is -2.47. The zero-order chi connectivity index (χ0) is 19.3. The van der Waals surface area contributed by atoms with Crippen LogP contribution in [0.2, 0.25) is 0 Å². The minimum absolute atomic E-state index is 0.198. The van der Waals surface area contributed by atoms with Gasteiger partial charge in [-0.2, -0.15) is 0 Å². The molecule has 148 valence electrons. The van der Waals surface area contributed by atoms with E-state index in [0.717, 1.165) is 46.7 Å². The first-order chi connectivity index (χ1) is 13.6. The lowest BCUT2D eigenvalue weighted by Gasteiger charge is -2.40. The van der Waals surface area contributed by atoms with E-state index >= 15 is 0 Å². The van der Waals surface area contributed by atoms with Gasteiger partial charge in [-0.3, -0.25) is 14.7 Å². The van der Waals surface area contributed by atoms with Gasteiger partial charge in [-0.15, -0.1) is 0 Å². The minimum atomic E-state index is 0.198. The van der Waals surface area contributed by atoms with Crippen LogP contribution < -0.4 is 0 Å². The van der Waals surface area contributed by atoms with E-state index in [4.69, 9.17) is 4.98 Å². The van der Waals surface area contributed by atoms with Crippen molar-refractivity contribution in [3.8, 4) is 0 Å². The maximum atomic E-state index is 13.6. The van der Waals surface area contributed by atoms with Crippen molar-refractivity contribution in [2.24, 2.45) is 11.8 Å². The molecule has 1 amide bonds. The standard InChI is InChI=1S/C24H31N3O/c1-16-5-3-8-21-22(11-17(2)25-23(16)21)24(28)27-14-19-9-10-20(15-27)26(13-19)12-18-6-4-7-18/h3,5,8,11,18-20H,4,6-7,9-10,12-15H2,1-2H3/t19-,20-/m1/s1. The van der Waals surface area contributed by atoms with Crippen molar-refractivity contribution in [3.63, 3.8) is 0 Å². The predicted molar refractivity (Wildman–Crippen MR) is 113 cm³/mol. The maximum absolute atomic E-state index is 13.6. The third-order valence-corrected chi connectivity index (χ3v) is 7.23. The number of carbonyl (C=O) groups excluding carboxylic acids is 1. The zero-order valence-corrected chi connectivity index (χ0v) is 17.2. The molecule has 4 aliphatic rings. The summed E-state index contributed by atoms with van der Waals surface area (Å²) in [5, 5.41) is 0.999. The van der Waals surface area contributed by atoms with Crippen molar-refractivity contribution in [1.29, 1.82) is 0 Å². The molecule has 2 bridgehead atoms. The fourth-order valence-corrected chi connectivity index (χ4v) is 5.44. The van der Waals surface area contributed by atoms with E-state index in [-0.39, 0.29) is 5.91 Å². The molecule has 4 nitrogen and oxygen atoms in total. The average molecular weight is 378 g/mol. The highest BCUT2D eigenvalue weighted by molar-refractivity contribution is 6.06. The SMILES string of the molecule is Cc1cc(C(=O)N2C[C@@H]3CC[C@H](C2)N(CC2CCC2)C3)c2cccc(C)c2n1. The molecule has 28 heavy (non-hydrogen) atoms. The third-order valence-electron chi connectivity index (χ3n) is 7.23. The first kappa shape index (κ1) is 18.1. The van der Waals surface area contributed by atoms with Gasteiger partial charge in [-0.25, -0.2) is 0 Å². The van der Waals surface area contributed by atoms with Gasteiger partial charge >= 0.3 is 0 Å². The molecule has 3 aliphatic heterocycles. The van der Waals surface area contributed by atoms with Crippen LogP contribution in [0.1, 0.15) is 53.7 Å². The number of pyridine rings is 1. The molecule has 4 heteroatoms. The van der Waals surface area contributed by atoms with Crippen LogP contribution in [0.25, 0.3) is 10.9 Å². The smallest absolute Gasteiger partial charge is 0.254 e. The van der Waals surface area contributed by atoms with E-state index < -0.39 is 0 Å². The summed E-state index contributed by atoms with van der Waals surface area (Å²) < 4.78 is 0. The quantitative estimate of drug-likeness (QED) is 0.805. The molecule has 1 aliphatic carbocycles. The Bertz CT molecular complexity index is 904. The van der Waals surface area contributed by atoms with Crippen molar-refractivity contribution in [1.82, 2.24) is 14.8 Å². The number of nitrogens with zero attached hydrogens (tertiary/aromatic N) is 3. The number of amides is 1. The van der Waals surface area contributed by atoms with Gasteiger partial charge in [-0.05, 0) is 63.0 Å². The summed E-state index contributed by atoms with van der Waals surface area (Å²) in [4.78, 5) is 23.2. The molecule has 1 aromatic heterocycles. The molecule has 4 fully saturated rings. The van der Waals surface area contributed by atoms with E-state index in [2.05, 4.69) is 28.9 Å². The van der Waals surface area contributed by atoms with Crippen LogP contribution in [0.3, 0.4) is 0 Å². The van der Waals surface area contributed by atoms with E-state index in [9.17, 15) is 4.79 Å². The van der Waals surface area contributed by atoms with E-state index in [1.54, 1.807) is 0 Å². The van der Waals surface area contributed by atoms with Crippen LogP contribution in [0, 0.1) is 25.7 Å². The number of para-hydroxylation sites is 1. The van der Waals surface area contributed by atoms with Crippen LogP contribution in [-0.4, -0.2) is 52.9 Å². The van der Waals surface area contributed by atoms with Gasteiger partial charge in [-0.1, -0.05) is 24.6 Å². The molecule has 0 radical (unpaired) electrons. The summed E-state index contributed by atoms with van der Waals surface area (Å²) in [5.41, 5.74) is 3.86. The Balaban J connectivity index is 1.43. The molecule has 0 N–H and O–H groups in total. The van der Waals surface area contributed by atoms with E-state index in [0.29, 0.717) is 12.0 Å². The second-order valence-electron chi connectivity index (χ2n) is 9.34. The second kappa shape index (κ2) is 7.14.